The minimum Gasteiger partial charge on any atom is -0.706 e. The molecule has 0 unspecified atom stereocenters. The van der Waals surface area contributed by atoms with Crippen LogP contribution in [0.4, 0.5) is 0 Å². The Morgan fingerprint density at radius 2 is 1.82 bits per heavy atom. The number of hydrogen-bond acceptors (Lipinski definition) is 4. The predicted octanol–water partition coefficient (Wildman–Crippen LogP) is 5.36. The number of diazo groups is 1. The zero-order chi connectivity index (χ0) is 23.9. The van der Waals surface area contributed by atoms with Gasteiger partial charge in [0.25, 0.3) is 11.3 Å². The number of para-hydroxylation sites is 1. The summed E-state index contributed by atoms with van der Waals surface area (Å²) in [4.78, 5) is 15.3. The van der Waals surface area contributed by atoms with Crippen LogP contribution in [-0.2, 0) is 24.8 Å². The predicted molar refractivity (Wildman–Crippen MR) is 132 cm³/mol. The third kappa shape index (κ3) is 4.74. The molecule has 0 fully saturated rings. The van der Waals surface area contributed by atoms with Crippen LogP contribution in [0.3, 0.4) is 0 Å². The lowest BCUT2D eigenvalue weighted by molar-refractivity contribution is -0.127. The number of amides is 1. The number of nitrogens with zero attached hydrogens (tertiary/aromatic N) is 7. The van der Waals surface area contributed by atoms with Crippen LogP contribution in [0.15, 0.2) is 107 Å². The summed E-state index contributed by atoms with van der Waals surface area (Å²) < 4.78 is 2.07. The van der Waals surface area contributed by atoms with Gasteiger partial charge >= 0.3 is 5.08 Å². The number of benzene rings is 2. The summed E-state index contributed by atoms with van der Waals surface area (Å²) in [6.45, 7) is 0.748. The zero-order valence-corrected chi connectivity index (χ0v) is 18.7. The molecule has 0 spiro atoms. The van der Waals surface area contributed by atoms with Gasteiger partial charge in [-0.25, -0.2) is 0 Å². The molecule has 168 valence electrons. The van der Waals surface area contributed by atoms with Gasteiger partial charge in [0.2, 0.25) is 0 Å². The molecule has 1 heterocycles. The third-order valence-electron chi connectivity index (χ3n) is 5.75. The number of aromatic nitrogens is 1. The van der Waals surface area contributed by atoms with Crippen molar-refractivity contribution in [2.45, 2.75) is 13.0 Å². The van der Waals surface area contributed by atoms with E-state index in [2.05, 4.69) is 38.2 Å². The van der Waals surface area contributed by atoms with Gasteiger partial charge in [0.15, 0.2) is 10.8 Å². The number of carbonyl (C=O) groups excluding carboxylic acids is 1. The van der Waals surface area contributed by atoms with E-state index in [-0.39, 0.29) is 17.0 Å². The second-order valence-electron chi connectivity index (χ2n) is 7.90. The standard InChI is InChI=1S/C26H23N7O/c1-32-18-20(21-11-6-8-14-24(21)32)15-16-33(17-19-9-3-2-4-10-19)26(34)25(29-27)22-12-5-7-13-23(22)30-31-28/h2-14,18H,15-17H2,1H3. The molecule has 1 amide bonds. The first-order valence-corrected chi connectivity index (χ1v) is 10.8. The van der Waals surface area contributed by atoms with Gasteiger partial charge in [0.1, 0.15) is 5.70 Å². The molecule has 4 rings (SSSR count). The van der Waals surface area contributed by atoms with Crippen molar-refractivity contribution >= 4 is 22.5 Å². The maximum absolute atomic E-state index is 13.6. The first-order chi connectivity index (χ1) is 16.6. The minimum atomic E-state index is -0.452. The maximum atomic E-state index is 13.6. The molecule has 8 heteroatoms. The molecule has 0 aliphatic heterocycles. The molecule has 0 saturated carbocycles. The topological polar surface area (TPSA) is 100 Å². The van der Waals surface area contributed by atoms with Crippen LogP contribution < -0.4 is 0 Å². The lowest BCUT2D eigenvalue weighted by Gasteiger charge is -2.25. The average Bonchev–Trinajstić information content (AvgIpc) is 3.19. The molecular weight excluding hydrogens is 426 g/mol. The van der Waals surface area contributed by atoms with E-state index in [0.29, 0.717) is 19.5 Å². The number of hydrogen-bond donors (Lipinski definition) is 0. The molecule has 34 heavy (non-hydrogen) atoms. The Labute approximate surface area is 197 Å². The highest BCUT2D eigenvalue weighted by atomic mass is 16.2. The van der Waals surface area contributed by atoms with Gasteiger partial charge in [-0.15, -0.1) is 0 Å². The summed E-state index contributed by atoms with van der Waals surface area (Å²) >= 11 is 0. The molecule has 0 atom stereocenters. The first kappa shape index (κ1) is 22.6. The molecule has 1 aromatic heterocycles. The Hall–Kier alpha value is -4.64. The van der Waals surface area contributed by atoms with Gasteiger partial charge in [-0.3, -0.25) is 4.79 Å². The van der Waals surface area contributed by atoms with E-state index in [1.807, 2.05) is 49.5 Å². The fraction of sp³-hybridized carbons (Fsp3) is 0.154. The number of aryl methyl sites for hydroxylation is 1. The second-order valence-corrected chi connectivity index (χ2v) is 7.90. The van der Waals surface area contributed by atoms with Gasteiger partial charge in [-0.1, -0.05) is 66.8 Å². The van der Waals surface area contributed by atoms with Crippen LogP contribution in [0, 0.1) is 5.39 Å². The Morgan fingerprint density at radius 3 is 2.59 bits per heavy atom. The maximum Gasteiger partial charge on any atom is 0.339 e. The van der Waals surface area contributed by atoms with E-state index in [1.54, 1.807) is 29.2 Å². The van der Waals surface area contributed by atoms with Crippen molar-refractivity contribution < 1.29 is 4.79 Å². The van der Waals surface area contributed by atoms with Crippen molar-refractivity contribution in [2.24, 2.45) is 17.3 Å². The highest BCUT2D eigenvalue weighted by molar-refractivity contribution is 6.16. The summed E-state index contributed by atoms with van der Waals surface area (Å²) in [6.07, 6.45) is 9.26. The van der Waals surface area contributed by atoms with Crippen LogP contribution >= 0.6 is 0 Å². The summed E-state index contributed by atoms with van der Waals surface area (Å²) in [5.74, 6) is -0.452. The normalized spacial score (nSPS) is 15.4. The van der Waals surface area contributed by atoms with Crippen LogP contribution in [0.25, 0.3) is 21.5 Å². The average molecular weight is 450 g/mol. The Balaban J connectivity index is 1.68. The number of fused-ring (bicyclic) bond motifs is 1. The summed E-state index contributed by atoms with van der Waals surface area (Å²) in [7, 11) is 2.00. The van der Waals surface area contributed by atoms with Crippen LogP contribution in [0.5, 0.6) is 0 Å². The van der Waals surface area contributed by atoms with Gasteiger partial charge in [-0.05, 0) is 29.7 Å². The van der Waals surface area contributed by atoms with Crippen molar-refractivity contribution in [3.05, 3.63) is 118 Å². The van der Waals surface area contributed by atoms with E-state index >= 15 is 0 Å². The monoisotopic (exact) mass is 449 g/mol. The van der Waals surface area contributed by atoms with Crippen LogP contribution in [0.2, 0.25) is 0 Å². The van der Waals surface area contributed by atoms with E-state index in [9.17, 15) is 10.3 Å². The lowest BCUT2D eigenvalue weighted by Crippen LogP contribution is -2.34. The molecule has 0 N–H and O–H groups in total. The molecule has 1 aliphatic carbocycles. The zero-order valence-electron chi connectivity index (χ0n) is 18.7. The number of carbonyl (C=O) groups is 1. The van der Waals surface area contributed by atoms with Crippen molar-refractivity contribution in [3.8, 4) is 0 Å². The molecular formula is C26H23N7O. The molecule has 8 nitrogen and oxygen atoms in total. The summed E-state index contributed by atoms with van der Waals surface area (Å²) in [5, 5.41) is 19.8. The molecule has 0 bridgehead atoms. The van der Waals surface area contributed by atoms with Crippen molar-refractivity contribution in [1.29, 1.82) is 5.39 Å². The highest BCUT2D eigenvalue weighted by Gasteiger charge is 2.24. The van der Waals surface area contributed by atoms with E-state index in [1.165, 1.54) is 0 Å². The highest BCUT2D eigenvalue weighted by Crippen LogP contribution is 2.23. The number of rotatable bonds is 7. The van der Waals surface area contributed by atoms with Gasteiger partial charge in [0, 0.05) is 42.8 Å². The first-order valence-electron chi connectivity index (χ1n) is 10.8. The second kappa shape index (κ2) is 10.3. The summed E-state index contributed by atoms with van der Waals surface area (Å²) in [6, 6.07) is 17.8. The molecule has 3 aromatic rings. The molecule has 0 saturated heterocycles. The Bertz CT molecular complexity index is 1390. The SMILES string of the molecule is Cn1cc(CCN(Cc2ccccc2)C(=O)C(N=[N-])=C2C=CC=CC2=N[N+]#N)c2ccccc21. The van der Waals surface area contributed by atoms with E-state index in [4.69, 9.17) is 5.39 Å². The van der Waals surface area contributed by atoms with E-state index < -0.39 is 5.91 Å². The lowest BCUT2D eigenvalue weighted by atomic mass is 10.0. The van der Waals surface area contributed by atoms with Crippen molar-refractivity contribution in [1.82, 2.24) is 9.47 Å². The molecule has 2 aromatic carbocycles. The van der Waals surface area contributed by atoms with Crippen molar-refractivity contribution in [2.75, 3.05) is 6.54 Å². The van der Waals surface area contributed by atoms with Crippen molar-refractivity contribution in [3.63, 3.8) is 0 Å². The minimum absolute atomic E-state index is 0.170. The molecule has 0 radical (unpaired) electrons. The third-order valence-corrected chi connectivity index (χ3v) is 5.75. The quantitative estimate of drug-likeness (QED) is 0.210. The fourth-order valence-electron chi connectivity index (χ4n) is 4.11. The number of allylic oxidation sites excluding steroid dienone is 5. The van der Waals surface area contributed by atoms with Crippen LogP contribution in [0.1, 0.15) is 11.1 Å². The summed E-state index contributed by atoms with van der Waals surface area (Å²) in [5.41, 5.74) is 13.3. The Morgan fingerprint density at radius 1 is 1.09 bits per heavy atom. The molecule has 1 aliphatic rings. The van der Waals surface area contributed by atoms with Crippen LogP contribution in [-0.4, -0.2) is 27.6 Å². The fourth-order valence-corrected chi connectivity index (χ4v) is 4.11. The van der Waals surface area contributed by atoms with Gasteiger partial charge < -0.3 is 20.1 Å². The largest absolute Gasteiger partial charge is 0.706 e. The van der Waals surface area contributed by atoms with Gasteiger partial charge in [0.05, 0.1) is 0 Å². The smallest absolute Gasteiger partial charge is 0.339 e. The Kier molecular flexibility index (Phi) is 6.84. The van der Waals surface area contributed by atoms with Gasteiger partial charge in [-0.2, -0.15) is 0 Å². The van der Waals surface area contributed by atoms with E-state index in [0.717, 1.165) is 22.0 Å².